The van der Waals surface area contributed by atoms with Crippen molar-refractivity contribution in [2.45, 2.75) is 24.1 Å². The highest BCUT2D eigenvalue weighted by Gasteiger charge is 2.01. The molecule has 0 saturated heterocycles. The first-order valence-corrected chi connectivity index (χ1v) is 4.66. The van der Waals surface area contributed by atoms with Gasteiger partial charge in [0.05, 0.1) is 10.7 Å². The number of aromatic nitrogens is 1. The molecule has 0 atom stereocenters. The molecule has 0 unspecified atom stereocenters. The SMILES string of the molecule is CC(C)Sc1ccc(N)c(N)n1. The molecule has 0 bridgehead atoms. The van der Waals surface area contributed by atoms with Gasteiger partial charge in [-0.05, 0) is 12.1 Å². The fourth-order valence-electron chi connectivity index (χ4n) is 0.774. The largest absolute Gasteiger partial charge is 0.396 e. The van der Waals surface area contributed by atoms with Gasteiger partial charge in [0.15, 0.2) is 0 Å². The predicted molar refractivity (Wildman–Crippen MR) is 54.1 cm³/mol. The summed E-state index contributed by atoms with van der Waals surface area (Å²) in [5, 5.41) is 1.44. The topological polar surface area (TPSA) is 64.9 Å². The van der Waals surface area contributed by atoms with Crippen LogP contribution in [0.1, 0.15) is 13.8 Å². The Morgan fingerprint density at radius 3 is 2.50 bits per heavy atom. The molecule has 1 heterocycles. The van der Waals surface area contributed by atoms with E-state index in [2.05, 4.69) is 18.8 Å². The van der Waals surface area contributed by atoms with Crippen molar-refractivity contribution in [3.05, 3.63) is 12.1 Å². The van der Waals surface area contributed by atoms with E-state index in [1.165, 1.54) is 0 Å². The fraction of sp³-hybridized carbons (Fsp3) is 0.375. The van der Waals surface area contributed by atoms with Crippen LogP contribution in [0.2, 0.25) is 0 Å². The summed E-state index contributed by atoms with van der Waals surface area (Å²) >= 11 is 1.67. The van der Waals surface area contributed by atoms with Crippen molar-refractivity contribution < 1.29 is 0 Å². The molecule has 0 aliphatic rings. The smallest absolute Gasteiger partial charge is 0.147 e. The molecule has 1 aromatic rings. The zero-order valence-corrected chi connectivity index (χ0v) is 8.06. The highest BCUT2D eigenvalue weighted by molar-refractivity contribution is 7.99. The molecular weight excluding hydrogens is 170 g/mol. The number of anilines is 2. The van der Waals surface area contributed by atoms with E-state index in [-0.39, 0.29) is 0 Å². The van der Waals surface area contributed by atoms with E-state index < -0.39 is 0 Å². The molecule has 1 rings (SSSR count). The molecule has 0 spiro atoms. The highest BCUT2D eigenvalue weighted by atomic mass is 32.2. The molecule has 12 heavy (non-hydrogen) atoms. The lowest BCUT2D eigenvalue weighted by atomic mass is 10.4. The molecule has 1 aromatic heterocycles. The number of pyridine rings is 1. The summed E-state index contributed by atoms with van der Waals surface area (Å²) in [6, 6.07) is 3.67. The van der Waals surface area contributed by atoms with Crippen LogP contribution in [0.4, 0.5) is 11.5 Å². The van der Waals surface area contributed by atoms with Crippen LogP contribution >= 0.6 is 11.8 Å². The van der Waals surface area contributed by atoms with Gasteiger partial charge in [-0.2, -0.15) is 0 Å². The highest BCUT2D eigenvalue weighted by Crippen LogP contribution is 2.23. The number of hydrogen-bond acceptors (Lipinski definition) is 4. The maximum Gasteiger partial charge on any atom is 0.147 e. The summed E-state index contributed by atoms with van der Waals surface area (Å²) < 4.78 is 0. The van der Waals surface area contributed by atoms with Crippen molar-refractivity contribution >= 4 is 23.3 Å². The Bertz CT molecular complexity index is 273. The van der Waals surface area contributed by atoms with Crippen molar-refractivity contribution in [1.82, 2.24) is 4.98 Å². The Morgan fingerprint density at radius 1 is 1.33 bits per heavy atom. The molecule has 0 aliphatic carbocycles. The van der Waals surface area contributed by atoms with Gasteiger partial charge in [0.25, 0.3) is 0 Å². The van der Waals surface area contributed by atoms with Crippen molar-refractivity contribution in [2.75, 3.05) is 11.5 Å². The Hall–Kier alpha value is -0.900. The zero-order valence-electron chi connectivity index (χ0n) is 7.24. The zero-order chi connectivity index (χ0) is 9.14. The first kappa shape index (κ1) is 9.19. The quantitative estimate of drug-likeness (QED) is 0.685. The maximum atomic E-state index is 5.55. The van der Waals surface area contributed by atoms with Gasteiger partial charge in [0.1, 0.15) is 5.82 Å². The lowest BCUT2D eigenvalue weighted by Gasteiger charge is -2.05. The van der Waals surface area contributed by atoms with Gasteiger partial charge in [-0.25, -0.2) is 4.98 Å². The summed E-state index contributed by atoms with van der Waals surface area (Å²) in [6.45, 7) is 4.22. The molecule has 0 amide bonds. The van der Waals surface area contributed by atoms with Gasteiger partial charge < -0.3 is 11.5 Å². The number of thioether (sulfide) groups is 1. The number of nitrogens with two attached hydrogens (primary N) is 2. The first-order valence-electron chi connectivity index (χ1n) is 3.78. The van der Waals surface area contributed by atoms with Gasteiger partial charge in [-0.3, -0.25) is 0 Å². The standard InChI is InChI=1S/C8H13N3S/c1-5(2)12-7-4-3-6(9)8(10)11-7/h3-5H,9H2,1-2H3,(H2,10,11). The summed E-state index contributed by atoms with van der Waals surface area (Å²) in [7, 11) is 0. The maximum absolute atomic E-state index is 5.55. The number of nitrogens with zero attached hydrogens (tertiary/aromatic N) is 1. The second-order valence-electron chi connectivity index (χ2n) is 2.79. The Kier molecular flexibility index (Phi) is 2.81. The number of hydrogen-bond donors (Lipinski definition) is 2. The van der Waals surface area contributed by atoms with Gasteiger partial charge in [-0.1, -0.05) is 13.8 Å². The predicted octanol–water partition coefficient (Wildman–Crippen LogP) is 1.75. The molecule has 0 fully saturated rings. The molecule has 66 valence electrons. The molecule has 0 saturated carbocycles. The Labute approximate surface area is 76.5 Å². The average Bonchev–Trinajstić information content (AvgIpc) is 1.96. The van der Waals surface area contributed by atoms with Gasteiger partial charge in [0.2, 0.25) is 0 Å². The van der Waals surface area contributed by atoms with E-state index in [1.54, 1.807) is 17.8 Å². The van der Waals surface area contributed by atoms with Crippen LogP contribution in [0.3, 0.4) is 0 Å². The molecule has 0 aromatic carbocycles. The molecule has 4 N–H and O–H groups in total. The molecule has 3 nitrogen and oxygen atoms in total. The van der Waals surface area contributed by atoms with Crippen LogP contribution in [0.25, 0.3) is 0 Å². The monoisotopic (exact) mass is 183 g/mol. The summed E-state index contributed by atoms with van der Waals surface area (Å²) in [4.78, 5) is 4.13. The normalized spacial score (nSPS) is 10.6. The summed E-state index contributed by atoms with van der Waals surface area (Å²) in [5.74, 6) is 0.417. The van der Waals surface area contributed by atoms with Crippen LogP contribution in [-0.2, 0) is 0 Å². The minimum Gasteiger partial charge on any atom is -0.396 e. The average molecular weight is 183 g/mol. The van der Waals surface area contributed by atoms with Crippen molar-refractivity contribution in [3.63, 3.8) is 0 Å². The third-order valence-corrected chi connectivity index (χ3v) is 2.23. The van der Waals surface area contributed by atoms with Gasteiger partial charge in [0, 0.05) is 5.25 Å². The lowest BCUT2D eigenvalue weighted by Crippen LogP contribution is -1.99. The lowest BCUT2D eigenvalue weighted by molar-refractivity contribution is 1.08. The third kappa shape index (κ3) is 2.30. The van der Waals surface area contributed by atoms with Crippen molar-refractivity contribution in [2.24, 2.45) is 0 Å². The van der Waals surface area contributed by atoms with Gasteiger partial charge >= 0.3 is 0 Å². The van der Waals surface area contributed by atoms with Crippen molar-refractivity contribution in [1.29, 1.82) is 0 Å². The van der Waals surface area contributed by atoms with E-state index in [0.717, 1.165) is 5.03 Å². The second-order valence-corrected chi connectivity index (χ2v) is 4.39. The second kappa shape index (κ2) is 3.67. The van der Waals surface area contributed by atoms with Crippen LogP contribution < -0.4 is 11.5 Å². The Morgan fingerprint density at radius 2 is 2.00 bits per heavy atom. The van der Waals surface area contributed by atoms with Crippen LogP contribution in [0, 0.1) is 0 Å². The van der Waals surface area contributed by atoms with Crippen molar-refractivity contribution in [3.8, 4) is 0 Å². The number of rotatable bonds is 2. The van der Waals surface area contributed by atoms with Crippen LogP contribution in [0.15, 0.2) is 17.2 Å². The third-order valence-electron chi connectivity index (χ3n) is 1.29. The minimum atomic E-state index is 0.417. The minimum absolute atomic E-state index is 0.417. The molecular formula is C8H13N3S. The van der Waals surface area contributed by atoms with Crippen LogP contribution in [-0.4, -0.2) is 10.2 Å². The fourth-order valence-corrected chi connectivity index (χ4v) is 1.55. The van der Waals surface area contributed by atoms with E-state index in [0.29, 0.717) is 16.8 Å². The summed E-state index contributed by atoms with van der Waals surface area (Å²) in [6.07, 6.45) is 0. The van der Waals surface area contributed by atoms with E-state index in [1.807, 2.05) is 6.07 Å². The van der Waals surface area contributed by atoms with E-state index >= 15 is 0 Å². The summed E-state index contributed by atoms with van der Waals surface area (Å²) in [5.41, 5.74) is 11.6. The van der Waals surface area contributed by atoms with E-state index in [4.69, 9.17) is 11.5 Å². The van der Waals surface area contributed by atoms with E-state index in [9.17, 15) is 0 Å². The Balaban J connectivity index is 2.82. The molecule has 0 radical (unpaired) electrons. The number of nitrogen functional groups attached to an aromatic ring is 2. The van der Waals surface area contributed by atoms with Crippen LogP contribution in [0.5, 0.6) is 0 Å². The van der Waals surface area contributed by atoms with Gasteiger partial charge in [-0.15, -0.1) is 11.8 Å². The molecule has 0 aliphatic heterocycles. The molecule has 4 heteroatoms. The first-order chi connectivity index (χ1) is 5.59.